The van der Waals surface area contributed by atoms with Crippen LogP contribution in [0.3, 0.4) is 0 Å². The number of carbonyl (C=O) groups excluding carboxylic acids is 2. The number of halogens is 2. The van der Waals surface area contributed by atoms with Crippen LogP contribution >= 0.6 is 23.2 Å². The van der Waals surface area contributed by atoms with E-state index in [1.165, 1.54) is 6.07 Å². The van der Waals surface area contributed by atoms with Gasteiger partial charge in [-0.15, -0.1) is 0 Å². The molecule has 184 valence electrons. The van der Waals surface area contributed by atoms with E-state index in [1.54, 1.807) is 6.92 Å². The number of guanidine groups is 1. The molecule has 0 heterocycles. The molecule has 9 nitrogen and oxygen atoms in total. The summed E-state index contributed by atoms with van der Waals surface area (Å²) < 4.78 is 10.7. The number of nitrogens with zero attached hydrogens (tertiary/aromatic N) is 1. The second-order valence-electron chi connectivity index (χ2n) is 7.23. The minimum Gasteiger partial charge on any atom is -0.505 e. The highest BCUT2D eigenvalue weighted by atomic mass is 35.5. The average Bonchev–Trinajstić information content (AvgIpc) is 2.80. The Labute approximate surface area is 208 Å². The molecule has 0 fully saturated rings. The molecule has 11 heteroatoms. The molecule has 34 heavy (non-hydrogen) atoms. The van der Waals surface area contributed by atoms with Crippen molar-refractivity contribution in [2.75, 3.05) is 19.8 Å². The van der Waals surface area contributed by atoms with Crippen LogP contribution in [-0.4, -0.2) is 48.7 Å². The van der Waals surface area contributed by atoms with Crippen LogP contribution in [0.15, 0.2) is 41.4 Å². The first-order chi connectivity index (χ1) is 16.2. The molecule has 1 atom stereocenters. The second-order valence-corrected chi connectivity index (χ2v) is 8.01. The van der Waals surface area contributed by atoms with Gasteiger partial charge in [0.15, 0.2) is 17.5 Å². The van der Waals surface area contributed by atoms with Gasteiger partial charge in [0.05, 0.1) is 23.8 Å². The number of nitrogens with two attached hydrogens (primary N) is 2. The number of hydrogen-bond acceptors (Lipinski definition) is 6. The lowest BCUT2D eigenvalue weighted by Gasteiger charge is -2.19. The van der Waals surface area contributed by atoms with Crippen molar-refractivity contribution in [3.05, 3.63) is 57.6 Å². The summed E-state index contributed by atoms with van der Waals surface area (Å²) >= 11 is 12.5. The summed E-state index contributed by atoms with van der Waals surface area (Å²) in [5.41, 5.74) is 11.2. The Morgan fingerprint density at radius 1 is 1.18 bits per heavy atom. The highest BCUT2D eigenvalue weighted by molar-refractivity contribution is 6.39. The van der Waals surface area contributed by atoms with Gasteiger partial charge >= 0.3 is 5.97 Å². The summed E-state index contributed by atoms with van der Waals surface area (Å²) in [6.07, 6.45) is 1.47. The fraction of sp³-hybridized carbons (Fsp3) is 0.348. The molecular formula is C23H28Cl2N4O5. The van der Waals surface area contributed by atoms with Crippen molar-refractivity contribution in [3.8, 4) is 11.5 Å². The maximum absolute atomic E-state index is 12.9. The number of ether oxygens (including phenoxy) is 2. The zero-order valence-electron chi connectivity index (χ0n) is 18.7. The van der Waals surface area contributed by atoms with E-state index in [9.17, 15) is 14.7 Å². The number of amides is 1. The van der Waals surface area contributed by atoms with Gasteiger partial charge in [0.1, 0.15) is 11.1 Å². The molecule has 0 aliphatic carbocycles. The Balaban J connectivity index is 2.12. The summed E-state index contributed by atoms with van der Waals surface area (Å²) in [4.78, 5) is 29.2. The predicted molar refractivity (Wildman–Crippen MR) is 132 cm³/mol. The number of esters is 1. The lowest BCUT2D eigenvalue weighted by Crippen LogP contribution is -2.43. The van der Waals surface area contributed by atoms with Gasteiger partial charge in [0.25, 0.3) is 5.91 Å². The Morgan fingerprint density at radius 3 is 2.53 bits per heavy atom. The van der Waals surface area contributed by atoms with Gasteiger partial charge in [-0.25, -0.2) is 4.79 Å². The molecule has 0 radical (unpaired) electrons. The first-order valence-electron chi connectivity index (χ1n) is 10.6. The third-order valence-electron chi connectivity index (χ3n) is 4.65. The maximum atomic E-state index is 12.9. The smallest absolute Gasteiger partial charge is 0.328 e. The van der Waals surface area contributed by atoms with Crippen molar-refractivity contribution in [2.45, 2.75) is 32.2 Å². The molecular weight excluding hydrogens is 483 g/mol. The van der Waals surface area contributed by atoms with Crippen LogP contribution in [0.4, 0.5) is 0 Å². The molecule has 0 saturated heterocycles. The fourth-order valence-electron chi connectivity index (χ4n) is 3.01. The van der Waals surface area contributed by atoms with E-state index in [2.05, 4.69) is 10.3 Å². The first-order valence-corrected chi connectivity index (χ1v) is 11.4. The van der Waals surface area contributed by atoms with Crippen LogP contribution in [0.5, 0.6) is 11.5 Å². The zero-order valence-corrected chi connectivity index (χ0v) is 20.2. The van der Waals surface area contributed by atoms with Gasteiger partial charge in [-0.05, 0) is 31.4 Å². The molecule has 0 aliphatic rings. The lowest BCUT2D eigenvalue weighted by molar-refractivity contribution is -0.145. The van der Waals surface area contributed by atoms with Crippen molar-refractivity contribution in [1.82, 2.24) is 5.32 Å². The topological polar surface area (TPSA) is 149 Å². The first kappa shape index (κ1) is 27.1. The van der Waals surface area contributed by atoms with Crippen molar-refractivity contribution < 1.29 is 24.2 Å². The Morgan fingerprint density at radius 2 is 1.88 bits per heavy atom. The second kappa shape index (κ2) is 13.5. The molecule has 6 N–H and O–H groups in total. The summed E-state index contributed by atoms with van der Waals surface area (Å²) in [5, 5.41) is 12.9. The molecule has 1 amide bonds. The van der Waals surface area contributed by atoms with E-state index in [-0.39, 0.29) is 47.0 Å². The molecule has 0 saturated carbocycles. The molecule has 2 aromatic rings. The van der Waals surface area contributed by atoms with Crippen LogP contribution in [0.1, 0.15) is 35.7 Å². The number of nitrogens with one attached hydrogen (secondary N) is 1. The molecule has 0 bridgehead atoms. The lowest BCUT2D eigenvalue weighted by atomic mass is 10.1. The molecule has 0 spiro atoms. The summed E-state index contributed by atoms with van der Waals surface area (Å²) in [6, 6.07) is 9.40. The molecule has 2 aromatic carbocycles. The highest BCUT2D eigenvalue weighted by Crippen LogP contribution is 2.42. The van der Waals surface area contributed by atoms with Gasteiger partial charge < -0.3 is 31.4 Å². The zero-order chi connectivity index (χ0) is 25.1. The number of phenols is 1. The van der Waals surface area contributed by atoms with E-state index in [0.717, 1.165) is 5.56 Å². The molecule has 0 aromatic heterocycles. The van der Waals surface area contributed by atoms with Crippen LogP contribution in [0.25, 0.3) is 0 Å². The average molecular weight is 511 g/mol. The SMILES string of the molecule is CCOC(=O)[C@@H](Cc1ccccc1)NC(=O)c1cc(Cl)c(OCCCCN=C(N)N)c(Cl)c1O. The number of rotatable bonds is 12. The van der Waals surface area contributed by atoms with Crippen LogP contribution in [0.2, 0.25) is 10.0 Å². The number of benzene rings is 2. The number of phenolic OH excluding ortho intramolecular Hbond substituents is 1. The highest BCUT2D eigenvalue weighted by Gasteiger charge is 2.27. The van der Waals surface area contributed by atoms with E-state index in [1.807, 2.05) is 30.3 Å². The van der Waals surface area contributed by atoms with Gasteiger partial charge in [-0.3, -0.25) is 9.79 Å². The minimum atomic E-state index is -0.979. The standard InChI is InChI=1S/C23H28Cl2N4O5/c1-2-33-22(32)17(12-14-8-4-3-5-9-14)29-21(31)15-13-16(24)20(18(25)19(15)30)34-11-7-6-10-28-23(26)27/h3-5,8-9,13,17,30H,2,6-7,10-12H2,1H3,(H,29,31)(H4,26,27,28)/t17-/m1/s1. The Hall–Kier alpha value is -3.17. The normalized spacial score (nSPS) is 11.4. The van der Waals surface area contributed by atoms with E-state index < -0.39 is 23.7 Å². The quantitative estimate of drug-likeness (QED) is 0.148. The predicted octanol–water partition coefficient (Wildman–Crippen LogP) is 3.04. The van der Waals surface area contributed by atoms with Gasteiger partial charge in [0.2, 0.25) is 0 Å². The van der Waals surface area contributed by atoms with Crippen molar-refractivity contribution in [3.63, 3.8) is 0 Å². The Bertz CT molecular complexity index is 1010. The third-order valence-corrected chi connectivity index (χ3v) is 5.28. The van der Waals surface area contributed by atoms with Crippen molar-refractivity contribution >= 4 is 41.0 Å². The molecule has 0 unspecified atom stereocenters. The van der Waals surface area contributed by atoms with E-state index in [0.29, 0.717) is 19.4 Å². The van der Waals surface area contributed by atoms with Crippen LogP contribution in [-0.2, 0) is 16.0 Å². The molecule has 0 aliphatic heterocycles. The monoisotopic (exact) mass is 510 g/mol. The van der Waals surface area contributed by atoms with Crippen molar-refractivity contribution in [1.29, 1.82) is 0 Å². The van der Waals surface area contributed by atoms with E-state index in [4.69, 9.17) is 44.1 Å². The third kappa shape index (κ3) is 8.00. The number of hydrogen-bond donors (Lipinski definition) is 4. The Kier molecular flexibility index (Phi) is 10.8. The largest absolute Gasteiger partial charge is 0.505 e. The fourth-order valence-corrected chi connectivity index (χ4v) is 3.58. The van der Waals surface area contributed by atoms with Crippen LogP contribution < -0.4 is 21.5 Å². The van der Waals surface area contributed by atoms with E-state index >= 15 is 0 Å². The number of aromatic hydroxyl groups is 1. The van der Waals surface area contributed by atoms with Gasteiger partial charge in [-0.1, -0.05) is 53.5 Å². The number of aliphatic imine (C=N–C) groups is 1. The van der Waals surface area contributed by atoms with Crippen molar-refractivity contribution in [2.24, 2.45) is 16.5 Å². The summed E-state index contributed by atoms with van der Waals surface area (Å²) in [6.45, 7) is 2.51. The summed E-state index contributed by atoms with van der Waals surface area (Å²) in [5.74, 6) is -1.79. The maximum Gasteiger partial charge on any atom is 0.328 e. The minimum absolute atomic E-state index is 0.0137. The number of carbonyl (C=O) groups is 2. The van der Waals surface area contributed by atoms with Gasteiger partial charge in [0, 0.05) is 13.0 Å². The molecule has 2 rings (SSSR count). The summed E-state index contributed by atoms with van der Waals surface area (Å²) in [7, 11) is 0. The van der Waals surface area contributed by atoms with Crippen LogP contribution in [0, 0.1) is 0 Å². The number of unbranched alkanes of at least 4 members (excludes halogenated alkanes) is 1. The van der Waals surface area contributed by atoms with Gasteiger partial charge in [-0.2, -0.15) is 0 Å².